The molecule has 120 valence electrons. The number of nitrogens with zero attached hydrogens (tertiary/aromatic N) is 2. The third kappa shape index (κ3) is 6.46. The number of rotatable bonds is 10. The molecule has 0 aliphatic heterocycles. The highest BCUT2D eigenvalue weighted by Gasteiger charge is 2.15. The van der Waals surface area contributed by atoms with E-state index in [-0.39, 0.29) is 6.04 Å². The summed E-state index contributed by atoms with van der Waals surface area (Å²) in [5.41, 5.74) is 7.53. The minimum atomic E-state index is -0.0125. The zero-order chi connectivity index (χ0) is 15.7. The zero-order valence-electron chi connectivity index (χ0n) is 14.0. The van der Waals surface area contributed by atoms with Gasteiger partial charge in [-0.25, -0.2) is 0 Å². The van der Waals surface area contributed by atoms with Crippen molar-refractivity contribution in [2.24, 2.45) is 5.73 Å². The molecule has 0 aliphatic rings. The van der Waals surface area contributed by atoms with Gasteiger partial charge in [0.05, 0.1) is 6.61 Å². The molecule has 0 heterocycles. The molecule has 4 heteroatoms. The Morgan fingerprint density at radius 1 is 1.10 bits per heavy atom. The summed E-state index contributed by atoms with van der Waals surface area (Å²) in [6.45, 7) is 8.93. The second kappa shape index (κ2) is 9.77. The first kappa shape index (κ1) is 18.0. The number of hydrogen-bond donors (Lipinski definition) is 1. The van der Waals surface area contributed by atoms with Crippen LogP contribution in [-0.4, -0.2) is 56.7 Å². The summed E-state index contributed by atoms with van der Waals surface area (Å²) in [6, 6.07) is 8.09. The van der Waals surface area contributed by atoms with Gasteiger partial charge in [0.1, 0.15) is 5.75 Å². The van der Waals surface area contributed by atoms with Crippen LogP contribution in [0.15, 0.2) is 24.3 Å². The molecule has 0 spiro atoms. The van der Waals surface area contributed by atoms with Crippen molar-refractivity contribution >= 4 is 0 Å². The fourth-order valence-electron chi connectivity index (χ4n) is 2.40. The van der Waals surface area contributed by atoms with Crippen molar-refractivity contribution in [3.63, 3.8) is 0 Å². The van der Waals surface area contributed by atoms with Crippen LogP contribution in [0.2, 0.25) is 0 Å². The molecule has 1 atom stereocenters. The van der Waals surface area contributed by atoms with Crippen molar-refractivity contribution in [1.82, 2.24) is 9.80 Å². The molecule has 0 fully saturated rings. The standard InChI is InChI=1S/C17H31N3O/c1-5-11-20(13-12-19(3)4)14-16(18)15-9-7-8-10-17(15)21-6-2/h7-10,16H,5-6,11-14,18H2,1-4H3. The van der Waals surface area contributed by atoms with Crippen molar-refractivity contribution in [1.29, 1.82) is 0 Å². The van der Waals surface area contributed by atoms with E-state index < -0.39 is 0 Å². The lowest BCUT2D eigenvalue weighted by atomic mass is 10.1. The quantitative estimate of drug-likeness (QED) is 0.719. The van der Waals surface area contributed by atoms with Crippen molar-refractivity contribution in [3.8, 4) is 5.75 Å². The minimum absolute atomic E-state index is 0.0125. The summed E-state index contributed by atoms with van der Waals surface area (Å²) in [6.07, 6.45) is 1.15. The lowest BCUT2D eigenvalue weighted by Gasteiger charge is -2.27. The number of likely N-dealkylation sites (N-methyl/N-ethyl adjacent to an activating group) is 1. The Hall–Kier alpha value is -1.10. The lowest BCUT2D eigenvalue weighted by Crippen LogP contribution is -2.37. The number of nitrogens with two attached hydrogens (primary N) is 1. The van der Waals surface area contributed by atoms with Gasteiger partial charge in [-0.3, -0.25) is 0 Å². The van der Waals surface area contributed by atoms with Crippen molar-refractivity contribution in [3.05, 3.63) is 29.8 Å². The normalized spacial score (nSPS) is 12.9. The van der Waals surface area contributed by atoms with Crippen LogP contribution in [-0.2, 0) is 0 Å². The monoisotopic (exact) mass is 293 g/mol. The van der Waals surface area contributed by atoms with Gasteiger partial charge in [0, 0.05) is 31.2 Å². The van der Waals surface area contributed by atoms with Gasteiger partial charge in [0.15, 0.2) is 0 Å². The molecule has 1 rings (SSSR count). The lowest BCUT2D eigenvalue weighted by molar-refractivity contribution is 0.227. The highest BCUT2D eigenvalue weighted by atomic mass is 16.5. The maximum atomic E-state index is 6.43. The summed E-state index contributed by atoms with van der Waals surface area (Å²) in [5.74, 6) is 0.913. The maximum absolute atomic E-state index is 6.43. The fourth-order valence-corrected chi connectivity index (χ4v) is 2.40. The van der Waals surface area contributed by atoms with Gasteiger partial charge in [-0.1, -0.05) is 25.1 Å². The van der Waals surface area contributed by atoms with Crippen molar-refractivity contribution in [2.75, 3.05) is 46.9 Å². The third-order valence-corrected chi connectivity index (χ3v) is 3.48. The van der Waals surface area contributed by atoms with E-state index in [4.69, 9.17) is 10.5 Å². The molecule has 1 aromatic rings. The van der Waals surface area contributed by atoms with Crippen LogP contribution in [0.25, 0.3) is 0 Å². The minimum Gasteiger partial charge on any atom is -0.494 e. The molecule has 0 saturated heterocycles. The summed E-state index contributed by atoms with van der Waals surface area (Å²) in [5, 5.41) is 0. The number of hydrogen-bond acceptors (Lipinski definition) is 4. The van der Waals surface area contributed by atoms with Crippen LogP contribution in [0.3, 0.4) is 0 Å². The molecule has 0 radical (unpaired) electrons. The molecule has 2 N–H and O–H groups in total. The fraction of sp³-hybridized carbons (Fsp3) is 0.647. The van der Waals surface area contributed by atoms with Crippen LogP contribution in [0.1, 0.15) is 31.9 Å². The Kier molecular flexibility index (Phi) is 8.35. The SMILES string of the molecule is CCCN(CCN(C)C)CC(N)c1ccccc1OCC. The van der Waals surface area contributed by atoms with E-state index in [0.717, 1.165) is 43.9 Å². The van der Waals surface area contributed by atoms with Gasteiger partial charge < -0.3 is 20.3 Å². The van der Waals surface area contributed by atoms with E-state index in [1.807, 2.05) is 25.1 Å². The molecule has 0 amide bonds. The summed E-state index contributed by atoms with van der Waals surface area (Å²) < 4.78 is 5.69. The topological polar surface area (TPSA) is 41.7 Å². The molecule has 0 aromatic heterocycles. The van der Waals surface area contributed by atoms with Crippen LogP contribution >= 0.6 is 0 Å². The molecule has 21 heavy (non-hydrogen) atoms. The van der Waals surface area contributed by atoms with E-state index in [2.05, 4.69) is 36.9 Å². The third-order valence-electron chi connectivity index (χ3n) is 3.48. The molecule has 0 saturated carbocycles. The van der Waals surface area contributed by atoms with Gasteiger partial charge in [0.25, 0.3) is 0 Å². The molecule has 4 nitrogen and oxygen atoms in total. The highest BCUT2D eigenvalue weighted by Crippen LogP contribution is 2.24. The average Bonchev–Trinajstić information content (AvgIpc) is 2.45. The van der Waals surface area contributed by atoms with E-state index in [1.54, 1.807) is 0 Å². The van der Waals surface area contributed by atoms with Crippen molar-refractivity contribution in [2.45, 2.75) is 26.3 Å². The Labute approximate surface area is 129 Å². The largest absolute Gasteiger partial charge is 0.494 e. The Morgan fingerprint density at radius 3 is 2.43 bits per heavy atom. The first-order valence-electron chi connectivity index (χ1n) is 7.92. The van der Waals surface area contributed by atoms with Gasteiger partial charge in [-0.2, -0.15) is 0 Å². The Bertz CT molecular complexity index is 395. The van der Waals surface area contributed by atoms with Gasteiger partial charge >= 0.3 is 0 Å². The zero-order valence-corrected chi connectivity index (χ0v) is 14.0. The molecule has 1 unspecified atom stereocenters. The Balaban J connectivity index is 2.69. The number of para-hydroxylation sites is 1. The summed E-state index contributed by atoms with van der Waals surface area (Å²) in [4.78, 5) is 4.65. The molecule has 0 aliphatic carbocycles. The van der Waals surface area contributed by atoms with Gasteiger partial charge in [-0.15, -0.1) is 0 Å². The van der Waals surface area contributed by atoms with Crippen LogP contribution < -0.4 is 10.5 Å². The van der Waals surface area contributed by atoms with Crippen LogP contribution in [0, 0.1) is 0 Å². The average molecular weight is 293 g/mol. The van der Waals surface area contributed by atoms with E-state index >= 15 is 0 Å². The Morgan fingerprint density at radius 2 is 1.81 bits per heavy atom. The van der Waals surface area contributed by atoms with Crippen molar-refractivity contribution < 1.29 is 4.74 Å². The predicted molar refractivity (Wildman–Crippen MR) is 89.8 cm³/mol. The van der Waals surface area contributed by atoms with Crippen LogP contribution in [0.4, 0.5) is 0 Å². The first-order chi connectivity index (χ1) is 10.1. The van der Waals surface area contributed by atoms with E-state index in [0.29, 0.717) is 6.61 Å². The second-order valence-corrected chi connectivity index (χ2v) is 5.68. The van der Waals surface area contributed by atoms with Gasteiger partial charge in [-0.05, 0) is 40.1 Å². The second-order valence-electron chi connectivity index (χ2n) is 5.68. The summed E-state index contributed by atoms with van der Waals surface area (Å²) >= 11 is 0. The molecular weight excluding hydrogens is 262 g/mol. The van der Waals surface area contributed by atoms with E-state index in [1.165, 1.54) is 0 Å². The maximum Gasteiger partial charge on any atom is 0.124 e. The summed E-state index contributed by atoms with van der Waals surface area (Å²) in [7, 11) is 4.21. The first-order valence-corrected chi connectivity index (χ1v) is 7.92. The molecule has 1 aromatic carbocycles. The number of ether oxygens (including phenoxy) is 1. The number of benzene rings is 1. The highest BCUT2D eigenvalue weighted by molar-refractivity contribution is 5.35. The smallest absolute Gasteiger partial charge is 0.124 e. The molecular formula is C17H31N3O. The van der Waals surface area contributed by atoms with Gasteiger partial charge in [0.2, 0.25) is 0 Å². The molecule has 0 bridgehead atoms. The van der Waals surface area contributed by atoms with E-state index in [9.17, 15) is 0 Å². The van der Waals surface area contributed by atoms with Crippen LogP contribution in [0.5, 0.6) is 5.75 Å². The predicted octanol–water partition coefficient (Wildman–Crippen LogP) is 2.36.